The second kappa shape index (κ2) is 3.87. The van der Waals surface area contributed by atoms with E-state index in [4.69, 9.17) is 5.11 Å². The van der Waals surface area contributed by atoms with Gasteiger partial charge in [0.15, 0.2) is 5.43 Å². The Morgan fingerprint density at radius 2 is 2.07 bits per heavy atom. The molecule has 0 fully saturated rings. The number of aromatic nitrogens is 1. The monoisotopic (exact) mass is 203 g/mol. The first kappa shape index (κ1) is 9.93. The lowest BCUT2D eigenvalue weighted by molar-refractivity contribution is 0.277. The highest BCUT2D eigenvalue weighted by Gasteiger charge is 2.04. The predicted molar refractivity (Wildman–Crippen MR) is 60.0 cm³/mol. The first-order valence-corrected chi connectivity index (χ1v) is 4.93. The summed E-state index contributed by atoms with van der Waals surface area (Å²) in [7, 11) is 0. The van der Waals surface area contributed by atoms with Crippen molar-refractivity contribution >= 4 is 10.9 Å². The van der Waals surface area contributed by atoms with E-state index in [9.17, 15) is 4.79 Å². The summed E-state index contributed by atoms with van der Waals surface area (Å²) in [6, 6.07) is 7.46. The van der Waals surface area contributed by atoms with E-state index in [1.54, 1.807) is 13.1 Å². The Balaban J connectivity index is 2.82. The molecule has 0 saturated carbocycles. The van der Waals surface area contributed by atoms with Crippen LogP contribution in [0.1, 0.15) is 5.56 Å². The molecule has 0 unspecified atom stereocenters. The number of aryl methyl sites for hydroxylation is 1. The number of fused-ring (bicyclic) bond motifs is 1. The van der Waals surface area contributed by atoms with Crippen LogP contribution in [0.4, 0.5) is 0 Å². The maximum Gasteiger partial charge on any atom is 0.192 e. The Bertz CT molecular complexity index is 543. The fourth-order valence-electron chi connectivity index (χ4n) is 1.78. The van der Waals surface area contributed by atoms with Crippen LogP contribution in [-0.2, 0) is 6.54 Å². The second-order valence-corrected chi connectivity index (χ2v) is 3.58. The average Bonchev–Trinajstić information content (AvgIpc) is 2.26. The highest BCUT2D eigenvalue weighted by molar-refractivity contribution is 5.79. The van der Waals surface area contributed by atoms with E-state index in [1.807, 2.05) is 28.8 Å². The van der Waals surface area contributed by atoms with Crippen LogP contribution in [0.3, 0.4) is 0 Å². The Labute approximate surface area is 87.6 Å². The molecule has 3 heteroatoms. The lowest BCUT2D eigenvalue weighted by Gasteiger charge is -2.10. The fourth-order valence-corrected chi connectivity index (χ4v) is 1.78. The van der Waals surface area contributed by atoms with E-state index in [2.05, 4.69) is 0 Å². The van der Waals surface area contributed by atoms with Gasteiger partial charge in [-0.15, -0.1) is 0 Å². The summed E-state index contributed by atoms with van der Waals surface area (Å²) >= 11 is 0. The van der Waals surface area contributed by atoms with Crippen molar-refractivity contribution in [1.82, 2.24) is 4.57 Å². The summed E-state index contributed by atoms with van der Waals surface area (Å²) < 4.78 is 1.91. The number of aliphatic hydroxyl groups excluding tert-OH is 1. The Kier molecular flexibility index (Phi) is 2.56. The maximum atomic E-state index is 11.8. The molecule has 1 N–H and O–H groups in total. The molecule has 2 rings (SSSR count). The van der Waals surface area contributed by atoms with Crippen molar-refractivity contribution in [3.8, 4) is 0 Å². The Morgan fingerprint density at radius 3 is 2.80 bits per heavy atom. The van der Waals surface area contributed by atoms with E-state index in [0.29, 0.717) is 17.5 Å². The minimum absolute atomic E-state index is 0.0692. The van der Waals surface area contributed by atoms with Gasteiger partial charge >= 0.3 is 0 Å². The van der Waals surface area contributed by atoms with Gasteiger partial charge in [0.05, 0.1) is 12.1 Å². The minimum Gasteiger partial charge on any atom is -0.395 e. The molecule has 0 radical (unpaired) electrons. The number of nitrogens with zero attached hydrogens (tertiary/aromatic N) is 1. The number of aliphatic hydroxyl groups is 1. The summed E-state index contributed by atoms with van der Waals surface area (Å²) in [6.45, 7) is 2.39. The zero-order chi connectivity index (χ0) is 10.8. The number of pyridine rings is 1. The molecule has 78 valence electrons. The van der Waals surface area contributed by atoms with E-state index >= 15 is 0 Å². The molecule has 15 heavy (non-hydrogen) atoms. The third-order valence-corrected chi connectivity index (χ3v) is 2.51. The molecule has 2 aromatic rings. The van der Waals surface area contributed by atoms with Crippen LogP contribution in [-0.4, -0.2) is 16.3 Å². The van der Waals surface area contributed by atoms with Gasteiger partial charge in [-0.25, -0.2) is 0 Å². The summed E-state index contributed by atoms with van der Waals surface area (Å²) in [5.74, 6) is 0. The van der Waals surface area contributed by atoms with E-state index < -0.39 is 0 Å². The van der Waals surface area contributed by atoms with Gasteiger partial charge in [-0.3, -0.25) is 4.79 Å². The largest absolute Gasteiger partial charge is 0.395 e. The van der Waals surface area contributed by atoms with Gasteiger partial charge < -0.3 is 9.67 Å². The van der Waals surface area contributed by atoms with Gasteiger partial charge in [-0.05, 0) is 19.1 Å². The molecule has 0 spiro atoms. The van der Waals surface area contributed by atoms with Crippen LogP contribution >= 0.6 is 0 Å². The minimum atomic E-state index is 0.0692. The van der Waals surface area contributed by atoms with Gasteiger partial charge in [-0.2, -0.15) is 0 Å². The van der Waals surface area contributed by atoms with E-state index in [0.717, 1.165) is 5.52 Å². The average molecular weight is 203 g/mol. The quantitative estimate of drug-likeness (QED) is 0.799. The fraction of sp³-hybridized carbons (Fsp3) is 0.250. The molecular formula is C12H13NO2. The molecule has 3 nitrogen and oxygen atoms in total. The standard InChI is InChI=1S/C12H13NO2/c1-9-8-13(6-7-14)11-5-3-2-4-10(11)12(9)15/h2-5,8,14H,6-7H2,1H3. The topological polar surface area (TPSA) is 42.2 Å². The molecule has 1 aromatic heterocycles. The Morgan fingerprint density at radius 1 is 1.33 bits per heavy atom. The zero-order valence-corrected chi connectivity index (χ0v) is 8.60. The first-order chi connectivity index (χ1) is 7.24. The second-order valence-electron chi connectivity index (χ2n) is 3.58. The molecule has 0 bridgehead atoms. The molecule has 0 aliphatic rings. The lowest BCUT2D eigenvalue weighted by Crippen LogP contribution is -2.13. The summed E-state index contributed by atoms with van der Waals surface area (Å²) in [4.78, 5) is 11.8. The van der Waals surface area contributed by atoms with Crippen molar-refractivity contribution < 1.29 is 5.11 Å². The third-order valence-electron chi connectivity index (χ3n) is 2.51. The highest BCUT2D eigenvalue weighted by atomic mass is 16.3. The third kappa shape index (κ3) is 1.66. The maximum absolute atomic E-state index is 11.8. The molecule has 0 saturated heterocycles. The molecular weight excluding hydrogens is 190 g/mol. The van der Waals surface area contributed by atoms with E-state index in [-0.39, 0.29) is 12.0 Å². The predicted octanol–water partition coefficient (Wildman–Crippen LogP) is 1.30. The van der Waals surface area contributed by atoms with Crippen molar-refractivity contribution in [2.45, 2.75) is 13.5 Å². The normalized spacial score (nSPS) is 10.8. The van der Waals surface area contributed by atoms with Gasteiger partial charge in [-0.1, -0.05) is 12.1 Å². The molecule has 0 aliphatic carbocycles. The van der Waals surface area contributed by atoms with Crippen molar-refractivity contribution in [2.75, 3.05) is 6.61 Å². The van der Waals surface area contributed by atoms with Crippen LogP contribution in [0.5, 0.6) is 0 Å². The van der Waals surface area contributed by atoms with Crippen LogP contribution in [0.25, 0.3) is 10.9 Å². The smallest absolute Gasteiger partial charge is 0.192 e. The number of hydrogen-bond acceptors (Lipinski definition) is 2. The van der Waals surface area contributed by atoms with Crippen LogP contribution < -0.4 is 5.43 Å². The van der Waals surface area contributed by atoms with Gasteiger partial charge in [0.25, 0.3) is 0 Å². The first-order valence-electron chi connectivity index (χ1n) is 4.93. The number of para-hydroxylation sites is 1. The van der Waals surface area contributed by atoms with Crippen molar-refractivity contribution in [1.29, 1.82) is 0 Å². The lowest BCUT2D eigenvalue weighted by atomic mass is 10.1. The van der Waals surface area contributed by atoms with Gasteiger partial charge in [0, 0.05) is 23.7 Å². The molecule has 1 aromatic carbocycles. The summed E-state index contributed by atoms with van der Waals surface area (Å²) in [5.41, 5.74) is 1.66. The van der Waals surface area contributed by atoms with Gasteiger partial charge in [0.1, 0.15) is 0 Å². The molecule has 0 atom stereocenters. The summed E-state index contributed by atoms with van der Waals surface area (Å²) in [6.07, 6.45) is 1.79. The Hall–Kier alpha value is -1.61. The SMILES string of the molecule is Cc1cn(CCO)c2ccccc2c1=O. The highest BCUT2D eigenvalue weighted by Crippen LogP contribution is 2.10. The van der Waals surface area contributed by atoms with Crippen molar-refractivity contribution in [2.24, 2.45) is 0 Å². The van der Waals surface area contributed by atoms with Crippen molar-refractivity contribution in [3.05, 3.63) is 46.2 Å². The number of rotatable bonds is 2. The van der Waals surface area contributed by atoms with E-state index in [1.165, 1.54) is 0 Å². The molecule has 1 heterocycles. The van der Waals surface area contributed by atoms with Crippen molar-refractivity contribution in [3.63, 3.8) is 0 Å². The van der Waals surface area contributed by atoms with Gasteiger partial charge in [0.2, 0.25) is 0 Å². The summed E-state index contributed by atoms with van der Waals surface area (Å²) in [5, 5.41) is 9.65. The van der Waals surface area contributed by atoms with Crippen LogP contribution in [0, 0.1) is 6.92 Å². The number of benzene rings is 1. The van der Waals surface area contributed by atoms with Crippen LogP contribution in [0.15, 0.2) is 35.3 Å². The van der Waals surface area contributed by atoms with Crippen LogP contribution in [0.2, 0.25) is 0 Å². The molecule has 0 amide bonds. The number of hydrogen-bond donors (Lipinski definition) is 1. The molecule has 0 aliphatic heterocycles. The zero-order valence-electron chi connectivity index (χ0n) is 8.60.